The molecule has 0 unspecified atom stereocenters. The fraction of sp³-hybridized carbons (Fsp3) is 0.349. The van der Waals surface area contributed by atoms with E-state index < -0.39 is 21.4 Å². The Morgan fingerprint density at radius 2 is 0.716 bits per heavy atom. The first-order chi connectivity index (χ1) is 71.4. The van der Waals surface area contributed by atoms with Gasteiger partial charge in [0.1, 0.15) is 51.7 Å². The zero-order chi connectivity index (χ0) is 104. The molecule has 6 N–H and O–H groups in total. The van der Waals surface area contributed by atoms with Crippen molar-refractivity contribution in [2.24, 2.45) is 0 Å². The van der Waals surface area contributed by atoms with Gasteiger partial charge in [0, 0.05) is 180 Å². The molecule has 22 rings (SSSR count). The van der Waals surface area contributed by atoms with Gasteiger partial charge >= 0.3 is 5.69 Å². The summed E-state index contributed by atoms with van der Waals surface area (Å²) in [7, 11) is 24.7. The quantitative estimate of drug-likeness (QED) is 0.0110. The van der Waals surface area contributed by atoms with Crippen LogP contribution in [0.5, 0.6) is 46.0 Å². The molecule has 0 aliphatic heterocycles. The number of nitrogens with two attached hydrogens (primary N) is 1. The topological polar surface area (TPSA) is 438 Å². The lowest BCUT2D eigenvalue weighted by Gasteiger charge is -2.24. The summed E-state index contributed by atoms with van der Waals surface area (Å²) in [5.41, 5.74) is 22.8. The maximum absolute atomic E-state index is 14.0. The van der Waals surface area contributed by atoms with Crippen molar-refractivity contribution in [1.82, 2.24) is 99.0 Å². The van der Waals surface area contributed by atoms with Crippen molar-refractivity contribution in [1.29, 1.82) is 0 Å². The Morgan fingerprint density at radius 3 is 1.06 bits per heavy atom. The second kappa shape index (κ2) is 43.5. The third kappa shape index (κ3) is 22.2. The molecule has 42 heteroatoms. The van der Waals surface area contributed by atoms with Gasteiger partial charge in [0.15, 0.2) is 23.3 Å². The molecule has 768 valence electrons. The number of fused-ring (bicyclic) bond motifs is 5. The minimum absolute atomic E-state index is 0.0435. The van der Waals surface area contributed by atoms with Crippen molar-refractivity contribution in [2.75, 3.05) is 157 Å². The third-order valence-corrected chi connectivity index (χ3v) is 26.7. The van der Waals surface area contributed by atoms with E-state index in [0.717, 1.165) is 211 Å². The largest absolute Gasteiger partial charge is 0.497 e. The second-order valence-electron chi connectivity index (χ2n) is 37.9. The van der Waals surface area contributed by atoms with Crippen LogP contribution in [0.3, 0.4) is 0 Å². The molecule has 5 aliphatic rings. The van der Waals surface area contributed by atoms with Gasteiger partial charge in [0.05, 0.1) is 146 Å². The number of nitrogens with one attached hydrogen (secondary N) is 4. The first-order valence-electron chi connectivity index (χ1n) is 48.6. The van der Waals surface area contributed by atoms with Crippen molar-refractivity contribution in [3.63, 3.8) is 0 Å². The highest BCUT2D eigenvalue weighted by atomic mass is 35.5. The Morgan fingerprint density at radius 1 is 0.399 bits per heavy atom. The van der Waals surface area contributed by atoms with Gasteiger partial charge in [-0.2, -0.15) is 49.8 Å². The van der Waals surface area contributed by atoms with Crippen molar-refractivity contribution >= 4 is 129 Å². The summed E-state index contributed by atoms with van der Waals surface area (Å²) in [4.78, 5) is 66.1. The van der Waals surface area contributed by atoms with E-state index >= 15 is 0 Å². The van der Waals surface area contributed by atoms with Crippen LogP contribution in [0.15, 0.2) is 152 Å². The van der Waals surface area contributed by atoms with Gasteiger partial charge in [0.25, 0.3) is 5.69 Å². The van der Waals surface area contributed by atoms with Gasteiger partial charge in [-0.25, -0.2) is 38.7 Å². The lowest BCUT2D eigenvalue weighted by atomic mass is 10.1. The van der Waals surface area contributed by atoms with Gasteiger partial charge in [-0.1, -0.05) is 0 Å². The predicted octanol–water partition coefficient (Wildman–Crippen LogP) is 19.9. The van der Waals surface area contributed by atoms with Crippen LogP contribution in [0, 0.1) is 53.7 Å². The molecule has 9 aromatic heterocycles. The van der Waals surface area contributed by atoms with E-state index in [2.05, 4.69) is 92.1 Å². The van der Waals surface area contributed by atoms with Crippen LogP contribution < -0.4 is 69.4 Å². The number of rotatable bonds is 33. The average Bonchev–Trinajstić information content (AvgIpc) is 1.55. The number of H-pyrrole nitrogens is 1. The number of aryl methyl sites for hydroxylation is 4. The number of benzene rings is 8. The lowest BCUT2D eigenvalue weighted by Crippen LogP contribution is -2.29. The number of methoxy groups -OCH3 is 8. The second-order valence-corrected chi connectivity index (χ2v) is 38.2. The molecule has 148 heavy (non-hydrogen) atoms. The number of halogens is 2. The smallest absolute Gasteiger partial charge is 0.307 e. The number of nitro groups is 2. The molecule has 0 atom stereocenters. The number of likely N-dealkylation sites (N-methyl/N-ethyl adjacent to an activating group) is 4. The Kier molecular flexibility index (Phi) is 29.8. The summed E-state index contributed by atoms with van der Waals surface area (Å²) in [5, 5.41) is 65.3. The first-order valence-corrected chi connectivity index (χ1v) is 49.0. The number of nitrogen functional groups attached to an aromatic ring is 1. The van der Waals surface area contributed by atoms with Crippen LogP contribution in [0.25, 0.3) is 77.8 Å². The van der Waals surface area contributed by atoms with E-state index in [1.807, 2.05) is 171 Å². The SMILES string of the molecule is COc1ccc2c(c1)c(C1CC1)nn2-c1nc(Cl)ncc1C.COc1ccc2c(c1)c(C1CC1)nn2-c1nc(Nc2cc(N)c(N(C)CCN(C)C)cc2OC)ncc1C.COc1ccc2c(c1)c(C1CC1)nn2-c1nc(Nc2cc([N+](=O)[O-])c(F)cc2OC)ncc1C.COc1ccc2c(c1)c(C1CC1)nn2-c1nc(Nc2cc([N+](=O)[O-])c(N(C)CCN(C)C)cc2OC)ncc1C.COc1ccc2n[nH]c(C3CC3)c2c1. The Hall–Kier alpha value is -16.4. The minimum Gasteiger partial charge on any atom is -0.497 e. The summed E-state index contributed by atoms with van der Waals surface area (Å²) < 4.78 is 64.8. The van der Waals surface area contributed by atoms with E-state index in [4.69, 9.17) is 85.6 Å². The molecule has 5 fully saturated rings. The number of hydrogen-bond acceptors (Lipinski definition) is 33. The minimum atomic E-state index is -0.996. The summed E-state index contributed by atoms with van der Waals surface area (Å²) in [5.74, 6) is 10.3. The molecule has 17 aromatic rings. The van der Waals surface area contributed by atoms with Crippen LogP contribution >= 0.6 is 11.6 Å². The molecule has 5 aliphatic carbocycles. The standard InChI is InChI=1S/C28H34N8O4.C28H36N8O2.C23H21FN6O4.C16H15ClN4O.C11H12N2O/c1-17-16-29-28(30-21-14-24(36(37)38)23(15-25(21)40-6)34(4)12-11-33(2)3)31-27(17)35-22-10-9-19(39-5)13-20(22)26(32-35)18-7-8-18;1-17-16-30-28(31-22-14-21(29)24(15-25(22)38-6)35(4)12-11-34(2)3)32-27(17)36-23-10-9-19(37-5)13-20(23)26(33-36)18-7-8-18;1-12-11-25-23(26-17-10-19(30(31)32)16(24)9-20(17)34-3)27-22(12)29-18-7-6-14(33-2)8-15(18)21(28-29)13-4-5-13;1-9-8-18-16(17)19-15(9)21-13-6-5-11(22-2)7-12(13)14(20-21)10-3-4-10;1-14-8-4-5-10-9(6-8)11(13-12-10)7-2-3-7/h9-10,13-16,18H,7-8,11-12H2,1-6H3,(H,29,30,31);9-10,13-16,18H,7-8,11-12,29H2,1-6H3,(H,30,31,32);6-11,13H,4-5H2,1-3H3,(H,25,26,27);5-8,10H,3-4H2,1-2H3;4-7H,2-3H2,1H3,(H,12,13). The van der Waals surface area contributed by atoms with E-state index in [9.17, 15) is 24.6 Å². The fourth-order valence-electron chi connectivity index (χ4n) is 17.5. The zero-order valence-electron chi connectivity index (χ0n) is 85.7. The number of aromatic amines is 1. The van der Waals surface area contributed by atoms with Crippen LogP contribution in [-0.4, -0.2) is 234 Å². The summed E-state index contributed by atoms with van der Waals surface area (Å²) in [6, 6.07) is 38.7. The molecule has 0 amide bonds. The molecular formula is C106H118ClFN28O12. The molecular weight excluding hydrogens is 1910 g/mol. The molecule has 0 bridgehead atoms. The van der Waals surface area contributed by atoms with Gasteiger partial charge in [-0.3, -0.25) is 25.3 Å². The number of anilines is 9. The first kappa shape index (κ1) is 102. The van der Waals surface area contributed by atoms with E-state index in [1.54, 1.807) is 78.2 Å². The number of nitrogens with zero attached hydrogens (tertiary/aromatic N) is 23. The summed E-state index contributed by atoms with van der Waals surface area (Å²) in [6.07, 6.45) is 18.5. The van der Waals surface area contributed by atoms with Crippen LogP contribution in [0.4, 0.5) is 67.7 Å². The van der Waals surface area contributed by atoms with Gasteiger partial charge in [-0.15, -0.1) is 0 Å². The van der Waals surface area contributed by atoms with Crippen molar-refractivity contribution in [3.05, 3.63) is 234 Å². The average molecular weight is 2030 g/mol. The number of hydrogen-bond donors (Lipinski definition) is 5. The summed E-state index contributed by atoms with van der Waals surface area (Å²) >= 11 is 5.96. The van der Waals surface area contributed by atoms with Crippen LogP contribution in [0.2, 0.25) is 5.28 Å². The van der Waals surface area contributed by atoms with Crippen molar-refractivity contribution < 1.29 is 52.1 Å². The Balaban J connectivity index is 0.000000125. The van der Waals surface area contributed by atoms with Crippen molar-refractivity contribution in [3.8, 4) is 69.3 Å². The normalized spacial score (nSPS) is 13.6. The zero-order valence-corrected chi connectivity index (χ0v) is 86.5. The maximum atomic E-state index is 14.0. The highest BCUT2D eigenvalue weighted by Gasteiger charge is 2.37. The number of ether oxygens (including phenoxy) is 8. The lowest BCUT2D eigenvalue weighted by molar-refractivity contribution is -0.387. The molecule has 8 aromatic carbocycles. The highest BCUT2D eigenvalue weighted by molar-refractivity contribution is 6.28. The molecule has 5 saturated carbocycles. The van der Waals surface area contributed by atoms with Crippen molar-refractivity contribution in [2.45, 2.75) is 121 Å². The number of nitro benzene ring substituents is 2. The summed E-state index contributed by atoms with van der Waals surface area (Å²) in [6.45, 7) is 10.9. The van der Waals surface area contributed by atoms with E-state index in [1.165, 1.54) is 57.0 Å². The Labute approximate surface area is 857 Å². The highest BCUT2D eigenvalue weighted by Crippen LogP contribution is 2.50. The fourth-order valence-corrected chi connectivity index (χ4v) is 17.7. The van der Waals surface area contributed by atoms with E-state index in [-0.39, 0.29) is 34.3 Å². The molecule has 0 spiro atoms. The molecule has 9 heterocycles. The maximum Gasteiger partial charge on any atom is 0.307 e. The van der Waals surface area contributed by atoms with Gasteiger partial charge < -0.3 is 79.2 Å². The molecule has 40 nitrogen and oxygen atoms in total. The number of aromatic nitrogens is 18. The van der Waals surface area contributed by atoms with E-state index in [0.29, 0.717) is 88.0 Å². The third-order valence-electron chi connectivity index (χ3n) is 26.5. The molecule has 0 radical (unpaired) electrons. The Bertz CT molecular complexity index is 7840. The van der Waals surface area contributed by atoms with Gasteiger partial charge in [-0.05, 0) is 229 Å². The predicted molar refractivity (Wildman–Crippen MR) is 569 cm³/mol. The molecule has 0 saturated heterocycles. The van der Waals surface area contributed by atoms with Gasteiger partial charge in [0.2, 0.25) is 28.9 Å². The van der Waals surface area contributed by atoms with Crippen LogP contribution in [-0.2, 0) is 0 Å². The monoisotopic (exact) mass is 2030 g/mol. The van der Waals surface area contributed by atoms with Crippen LogP contribution in [0.1, 0.15) is 145 Å².